The lowest BCUT2D eigenvalue weighted by molar-refractivity contribution is -0.138. The zero-order valence-electron chi connectivity index (χ0n) is 9.78. The Morgan fingerprint density at radius 1 is 1.60 bits per heavy atom. The monoisotopic (exact) mass is 232 g/mol. The first-order valence-corrected chi connectivity index (χ1v) is 5.36. The summed E-state index contributed by atoms with van der Waals surface area (Å²) < 4.78 is 0. The molecule has 4 nitrogen and oxygen atoms in total. The van der Waals surface area contributed by atoms with Crippen LogP contribution >= 0.6 is 12.2 Å². The molecule has 88 valence electrons. The average Bonchev–Trinajstić information content (AvgIpc) is 2.16. The summed E-state index contributed by atoms with van der Waals surface area (Å²) in [7, 11) is 1.65. The number of aliphatic hydroxyl groups is 1. The van der Waals surface area contributed by atoms with Crippen LogP contribution < -0.4 is 5.73 Å². The van der Waals surface area contributed by atoms with Gasteiger partial charge in [0.25, 0.3) is 0 Å². The summed E-state index contributed by atoms with van der Waals surface area (Å²) in [5.41, 5.74) is 4.90. The van der Waals surface area contributed by atoms with Crippen molar-refractivity contribution >= 4 is 23.1 Å². The van der Waals surface area contributed by atoms with Crippen LogP contribution in [0.3, 0.4) is 0 Å². The van der Waals surface area contributed by atoms with Crippen LogP contribution in [-0.4, -0.2) is 40.1 Å². The van der Waals surface area contributed by atoms with E-state index in [4.69, 9.17) is 23.1 Å². The number of hydrogen-bond donors (Lipinski definition) is 2. The Balaban J connectivity index is 4.77. The lowest BCUT2D eigenvalue weighted by Crippen LogP contribution is -2.51. The van der Waals surface area contributed by atoms with Crippen LogP contribution in [-0.2, 0) is 4.79 Å². The van der Waals surface area contributed by atoms with Crippen molar-refractivity contribution in [3.63, 3.8) is 0 Å². The molecule has 0 fully saturated rings. The summed E-state index contributed by atoms with van der Waals surface area (Å²) in [6, 6.07) is 0. The van der Waals surface area contributed by atoms with Crippen molar-refractivity contribution in [2.24, 2.45) is 11.7 Å². The van der Waals surface area contributed by atoms with Crippen LogP contribution in [0.1, 0.15) is 27.2 Å². The van der Waals surface area contributed by atoms with E-state index in [-0.39, 0.29) is 17.5 Å². The molecule has 0 saturated carbocycles. The third-order valence-corrected chi connectivity index (χ3v) is 2.96. The zero-order chi connectivity index (χ0) is 12.2. The number of aliphatic hydroxyl groups excluding tert-OH is 1. The maximum absolute atomic E-state index is 12.0. The van der Waals surface area contributed by atoms with Gasteiger partial charge in [0.2, 0.25) is 5.91 Å². The molecule has 0 aromatic rings. The fourth-order valence-corrected chi connectivity index (χ4v) is 1.40. The van der Waals surface area contributed by atoms with Gasteiger partial charge in [0.1, 0.15) is 0 Å². The SMILES string of the molecule is CCC(C(=O)N(C)C(C)(C)CO)C(N)=S. The van der Waals surface area contributed by atoms with E-state index in [2.05, 4.69) is 0 Å². The minimum absolute atomic E-state index is 0.0942. The molecule has 1 amide bonds. The fraction of sp³-hybridized carbons (Fsp3) is 0.800. The molecule has 0 bridgehead atoms. The van der Waals surface area contributed by atoms with E-state index in [0.717, 1.165) is 0 Å². The van der Waals surface area contributed by atoms with Crippen molar-refractivity contribution in [2.45, 2.75) is 32.7 Å². The highest BCUT2D eigenvalue weighted by Crippen LogP contribution is 2.16. The molecule has 0 spiro atoms. The van der Waals surface area contributed by atoms with Gasteiger partial charge in [-0.15, -0.1) is 0 Å². The van der Waals surface area contributed by atoms with E-state index in [0.29, 0.717) is 6.42 Å². The number of nitrogens with zero attached hydrogens (tertiary/aromatic N) is 1. The second-order valence-electron chi connectivity index (χ2n) is 4.23. The van der Waals surface area contributed by atoms with Crippen LogP contribution in [0, 0.1) is 5.92 Å². The van der Waals surface area contributed by atoms with E-state index in [1.54, 1.807) is 20.9 Å². The Morgan fingerprint density at radius 2 is 2.07 bits per heavy atom. The highest BCUT2D eigenvalue weighted by Gasteiger charge is 2.31. The molecule has 0 aliphatic heterocycles. The Morgan fingerprint density at radius 3 is 2.33 bits per heavy atom. The Hall–Kier alpha value is -0.680. The smallest absolute Gasteiger partial charge is 0.232 e. The molecule has 1 unspecified atom stereocenters. The molecule has 1 atom stereocenters. The first-order chi connectivity index (χ1) is 6.77. The van der Waals surface area contributed by atoms with Gasteiger partial charge in [-0.3, -0.25) is 4.79 Å². The molecule has 0 saturated heterocycles. The largest absolute Gasteiger partial charge is 0.394 e. The number of thiocarbonyl (C=S) groups is 1. The van der Waals surface area contributed by atoms with E-state index in [9.17, 15) is 4.79 Å². The van der Waals surface area contributed by atoms with Gasteiger partial charge in [0, 0.05) is 7.05 Å². The molecule has 0 heterocycles. The summed E-state index contributed by atoms with van der Waals surface area (Å²) >= 11 is 4.84. The minimum atomic E-state index is -0.588. The third-order valence-electron chi connectivity index (χ3n) is 2.68. The molecular weight excluding hydrogens is 212 g/mol. The van der Waals surface area contributed by atoms with E-state index in [1.807, 2.05) is 6.92 Å². The molecule has 3 N–H and O–H groups in total. The molecule has 5 heteroatoms. The lowest BCUT2D eigenvalue weighted by Gasteiger charge is -2.36. The normalized spacial score (nSPS) is 13.4. The molecule has 0 rings (SSSR count). The van der Waals surface area contributed by atoms with Gasteiger partial charge in [-0.25, -0.2) is 0 Å². The Labute approximate surface area is 96.4 Å². The highest BCUT2D eigenvalue weighted by molar-refractivity contribution is 7.80. The van der Waals surface area contributed by atoms with Gasteiger partial charge >= 0.3 is 0 Å². The first-order valence-electron chi connectivity index (χ1n) is 4.95. The number of hydrogen-bond acceptors (Lipinski definition) is 3. The second-order valence-corrected chi connectivity index (χ2v) is 4.70. The highest BCUT2D eigenvalue weighted by atomic mass is 32.1. The molecule has 0 aromatic carbocycles. The zero-order valence-corrected chi connectivity index (χ0v) is 10.6. The standard InChI is InChI=1S/C10H20N2O2S/c1-5-7(8(11)15)9(14)12(4)10(2,3)6-13/h7,13H,5-6H2,1-4H3,(H2,11,15). The topological polar surface area (TPSA) is 66.6 Å². The van der Waals surface area contributed by atoms with Crippen LogP contribution in [0.15, 0.2) is 0 Å². The first kappa shape index (κ1) is 14.3. The second kappa shape index (κ2) is 5.42. The number of nitrogens with two attached hydrogens (primary N) is 1. The van der Waals surface area contributed by atoms with Crippen molar-refractivity contribution in [3.05, 3.63) is 0 Å². The van der Waals surface area contributed by atoms with Crippen molar-refractivity contribution in [1.82, 2.24) is 4.90 Å². The third kappa shape index (κ3) is 3.43. The fourth-order valence-electron chi connectivity index (χ4n) is 1.14. The lowest BCUT2D eigenvalue weighted by atomic mass is 9.99. The molecule has 0 aromatic heterocycles. The summed E-state index contributed by atoms with van der Waals surface area (Å²) in [6.07, 6.45) is 0.583. The molecule has 0 aliphatic carbocycles. The van der Waals surface area contributed by atoms with E-state index >= 15 is 0 Å². The maximum Gasteiger partial charge on any atom is 0.232 e. The number of amides is 1. The Kier molecular flexibility index (Phi) is 5.17. The summed E-state index contributed by atoms with van der Waals surface area (Å²) in [6.45, 7) is 5.35. The van der Waals surface area contributed by atoms with Gasteiger partial charge in [0.15, 0.2) is 0 Å². The Bertz CT molecular complexity index is 254. The number of carbonyl (C=O) groups excluding carboxylic acids is 1. The van der Waals surface area contributed by atoms with Gasteiger partial charge < -0.3 is 15.7 Å². The van der Waals surface area contributed by atoms with Gasteiger partial charge in [-0.05, 0) is 20.3 Å². The summed E-state index contributed by atoms with van der Waals surface area (Å²) in [5, 5.41) is 9.15. The van der Waals surface area contributed by atoms with Gasteiger partial charge in [-0.2, -0.15) is 0 Å². The van der Waals surface area contributed by atoms with Crippen molar-refractivity contribution in [1.29, 1.82) is 0 Å². The van der Waals surface area contributed by atoms with Gasteiger partial charge in [0.05, 0.1) is 23.1 Å². The quantitative estimate of drug-likeness (QED) is 0.679. The molecule has 0 radical (unpaired) electrons. The molecule has 15 heavy (non-hydrogen) atoms. The van der Waals surface area contributed by atoms with Crippen molar-refractivity contribution < 1.29 is 9.90 Å². The number of likely N-dealkylation sites (N-methyl/N-ethyl adjacent to an activating group) is 1. The van der Waals surface area contributed by atoms with Crippen LogP contribution in [0.2, 0.25) is 0 Å². The predicted molar refractivity (Wildman–Crippen MR) is 64.5 cm³/mol. The van der Waals surface area contributed by atoms with Crippen LogP contribution in [0.4, 0.5) is 0 Å². The summed E-state index contributed by atoms with van der Waals surface area (Å²) in [4.78, 5) is 13.7. The number of rotatable bonds is 5. The van der Waals surface area contributed by atoms with Crippen molar-refractivity contribution in [2.75, 3.05) is 13.7 Å². The van der Waals surface area contributed by atoms with Gasteiger partial charge in [-0.1, -0.05) is 19.1 Å². The average molecular weight is 232 g/mol. The number of carbonyl (C=O) groups is 1. The molecular formula is C10H20N2O2S. The van der Waals surface area contributed by atoms with E-state index in [1.165, 1.54) is 4.90 Å². The molecule has 0 aliphatic rings. The van der Waals surface area contributed by atoms with Crippen LogP contribution in [0.25, 0.3) is 0 Å². The predicted octanol–water partition coefficient (Wildman–Crippen LogP) is 0.528. The van der Waals surface area contributed by atoms with Crippen molar-refractivity contribution in [3.8, 4) is 0 Å². The minimum Gasteiger partial charge on any atom is -0.394 e. The summed E-state index contributed by atoms with van der Waals surface area (Å²) in [5.74, 6) is -0.570. The van der Waals surface area contributed by atoms with Crippen LogP contribution in [0.5, 0.6) is 0 Å². The van der Waals surface area contributed by atoms with E-state index < -0.39 is 11.5 Å². The maximum atomic E-state index is 12.0.